The first-order valence-electron chi connectivity index (χ1n) is 11.8. The largest absolute Gasteiger partial charge is 0.294 e. The van der Waals surface area contributed by atoms with Crippen LogP contribution in [0, 0.1) is 17.8 Å². The summed E-state index contributed by atoms with van der Waals surface area (Å²) >= 11 is 0. The zero-order valence-corrected chi connectivity index (χ0v) is 21.7. The molecule has 3 rings (SSSR count). The molecule has 34 heavy (non-hydrogen) atoms. The maximum atomic E-state index is 12.4. The van der Waals surface area contributed by atoms with Crippen LogP contribution in [0.25, 0.3) is 0 Å². The molecule has 0 fully saturated rings. The molecule has 0 radical (unpaired) electrons. The van der Waals surface area contributed by atoms with Gasteiger partial charge >= 0.3 is 0 Å². The van der Waals surface area contributed by atoms with Crippen molar-refractivity contribution in [3.63, 3.8) is 0 Å². The lowest BCUT2D eigenvalue weighted by Gasteiger charge is -2.20. The normalized spacial score (nSPS) is 11.5. The number of hydrogen-bond donors (Lipinski definition) is 0. The number of carbonyl (C=O) groups is 3. The van der Waals surface area contributed by atoms with Gasteiger partial charge in [0, 0.05) is 34.4 Å². The van der Waals surface area contributed by atoms with Crippen LogP contribution in [0.5, 0.6) is 0 Å². The summed E-state index contributed by atoms with van der Waals surface area (Å²) in [4.78, 5) is 37.3. The molecule has 0 heterocycles. The summed E-state index contributed by atoms with van der Waals surface area (Å²) in [6.07, 6.45) is 0. The molecule has 0 bridgehead atoms. The monoisotopic (exact) mass is 472 g/mol. The molecule has 0 unspecified atom stereocenters. The standard InChI is InChI=1S/C30H33O3P/c1-19(2)28(31)22-7-13-25(14-8-22)34(26-15-9-23(10-16-26)29(32)20(3)4)27-17-11-24(12-18-27)30(33)21(5)6/h7-21H,1-6H3. The highest BCUT2D eigenvalue weighted by Crippen LogP contribution is 2.33. The first-order chi connectivity index (χ1) is 16.1. The predicted octanol–water partition coefficient (Wildman–Crippen LogP) is 5.96. The average Bonchev–Trinajstić information content (AvgIpc) is 2.84. The minimum absolute atomic E-state index is 0.0514. The molecule has 3 aromatic rings. The zero-order valence-electron chi connectivity index (χ0n) is 20.8. The Morgan fingerprint density at radius 1 is 0.441 bits per heavy atom. The lowest BCUT2D eigenvalue weighted by atomic mass is 10.0. The van der Waals surface area contributed by atoms with Crippen molar-refractivity contribution < 1.29 is 14.4 Å². The minimum atomic E-state index is -0.921. The van der Waals surface area contributed by atoms with Gasteiger partial charge in [0.1, 0.15) is 0 Å². The molecule has 0 aromatic heterocycles. The van der Waals surface area contributed by atoms with Gasteiger partial charge in [0.15, 0.2) is 17.3 Å². The SMILES string of the molecule is CC(C)C(=O)c1ccc(P(c2ccc(C(=O)C(C)C)cc2)c2ccc(C(=O)C(C)C)cc2)cc1. The second-order valence-corrected chi connectivity index (χ2v) is 11.8. The Bertz CT molecular complexity index is 1000. The quantitative estimate of drug-likeness (QED) is 0.285. The van der Waals surface area contributed by atoms with Crippen LogP contribution in [-0.4, -0.2) is 17.3 Å². The van der Waals surface area contributed by atoms with Gasteiger partial charge in [-0.2, -0.15) is 0 Å². The summed E-state index contributed by atoms with van der Waals surface area (Å²) in [5, 5.41) is 3.34. The fraction of sp³-hybridized carbons (Fsp3) is 0.300. The molecule has 0 aliphatic carbocycles. The highest BCUT2D eigenvalue weighted by Gasteiger charge is 2.20. The second-order valence-electron chi connectivity index (χ2n) is 9.53. The molecule has 0 spiro atoms. The molecule has 0 aliphatic heterocycles. The first kappa shape index (κ1) is 25.7. The molecule has 0 aliphatic rings. The van der Waals surface area contributed by atoms with E-state index in [1.807, 2.05) is 114 Å². The van der Waals surface area contributed by atoms with Crippen LogP contribution in [-0.2, 0) is 0 Å². The van der Waals surface area contributed by atoms with Crippen molar-refractivity contribution in [2.45, 2.75) is 41.5 Å². The van der Waals surface area contributed by atoms with Gasteiger partial charge in [-0.05, 0) is 23.8 Å². The molecule has 3 aromatic carbocycles. The number of ketones is 3. The van der Waals surface area contributed by atoms with E-state index in [2.05, 4.69) is 0 Å². The molecule has 0 saturated carbocycles. The number of hydrogen-bond acceptors (Lipinski definition) is 3. The van der Waals surface area contributed by atoms with Crippen LogP contribution in [0.2, 0.25) is 0 Å². The Balaban J connectivity index is 2.04. The fourth-order valence-electron chi connectivity index (χ4n) is 3.77. The van der Waals surface area contributed by atoms with E-state index >= 15 is 0 Å². The van der Waals surface area contributed by atoms with Crippen molar-refractivity contribution in [1.82, 2.24) is 0 Å². The summed E-state index contributed by atoms with van der Waals surface area (Å²) in [5.74, 6) is 0.232. The van der Waals surface area contributed by atoms with Gasteiger partial charge < -0.3 is 0 Å². The van der Waals surface area contributed by atoms with E-state index in [1.165, 1.54) is 0 Å². The van der Waals surface area contributed by atoms with Gasteiger partial charge in [-0.15, -0.1) is 0 Å². The van der Waals surface area contributed by atoms with E-state index in [0.717, 1.165) is 15.9 Å². The second kappa shape index (κ2) is 11.0. The van der Waals surface area contributed by atoms with Crippen molar-refractivity contribution in [2.24, 2.45) is 17.8 Å². The van der Waals surface area contributed by atoms with Crippen molar-refractivity contribution >= 4 is 41.2 Å². The molecule has 3 nitrogen and oxygen atoms in total. The van der Waals surface area contributed by atoms with Gasteiger partial charge in [-0.25, -0.2) is 0 Å². The van der Waals surface area contributed by atoms with Gasteiger partial charge in [-0.3, -0.25) is 14.4 Å². The van der Waals surface area contributed by atoms with E-state index in [0.29, 0.717) is 16.7 Å². The average molecular weight is 473 g/mol. The van der Waals surface area contributed by atoms with E-state index < -0.39 is 7.92 Å². The molecular weight excluding hydrogens is 439 g/mol. The summed E-state index contributed by atoms with van der Waals surface area (Å²) in [6, 6.07) is 23.6. The molecule has 0 saturated heterocycles. The molecule has 176 valence electrons. The van der Waals surface area contributed by atoms with Gasteiger partial charge in [0.05, 0.1) is 0 Å². The molecule has 4 heteroatoms. The third-order valence-corrected chi connectivity index (χ3v) is 8.25. The first-order valence-corrected chi connectivity index (χ1v) is 13.2. The van der Waals surface area contributed by atoms with Crippen molar-refractivity contribution in [1.29, 1.82) is 0 Å². The van der Waals surface area contributed by atoms with E-state index in [-0.39, 0.29) is 35.1 Å². The highest BCUT2D eigenvalue weighted by atomic mass is 31.1. The molecule has 0 N–H and O–H groups in total. The Morgan fingerprint density at radius 3 is 0.824 bits per heavy atom. The van der Waals surface area contributed by atoms with Gasteiger partial charge in [0.25, 0.3) is 0 Å². The van der Waals surface area contributed by atoms with Gasteiger partial charge in [0.2, 0.25) is 0 Å². The third-order valence-electron chi connectivity index (χ3n) is 5.80. The van der Waals surface area contributed by atoms with Gasteiger partial charge in [-0.1, -0.05) is 114 Å². The zero-order chi connectivity index (χ0) is 25.0. The van der Waals surface area contributed by atoms with E-state index in [1.54, 1.807) is 0 Å². The summed E-state index contributed by atoms with van der Waals surface area (Å²) in [5.41, 5.74) is 2.14. The summed E-state index contributed by atoms with van der Waals surface area (Å²) < 4.78 is 0. The van der Waals surface area contributed by atoms with Crippen LogP contribution in [0.1, 0.15) is 72.6 Å². The molecule has 0 atom stereocenters. The lowest BCUT2D eigenvalue weighted by molar-refractivity contribution is 0.0932. The molecular formula is C30H33O3P. The number of benzene rings is 3. The van der Waals surface area contributed by atoms with Crippen molar-refractivity contribution in [2.75, 3.05) is 0 Å². The van der Waals surface area contributed by atoms with Crippen LogP contribution >= 0.6 is 7.92 Å². The number of rotatable bonds is 9. The summed E-state index contributed by atoms with van der Waals surface area (Å²) in [7, 11) is -0.921. The summed E-state index contributed by atoms with van der Waals surface area (Å²) in [6.45, 7) is 11.4. The Hall–Kier alpha value is -2.90. The Morgan fingerprint density at radius 2 is 0.647 bits per heavy atom. The maximum absolute atomic E-state index is 12.4. The lowest BCUT2D eigenvalue weighted by Crippen LogP contribution is -2.22. The Kier molecular flexibility index (Phi) is 8.33. The van der Waals surface area contributed by atoms with E-state index in [4.69, 9.17) is 0 Å². The van der Waals surface area contributed by atoms with Crippen LogP contribution < -0.4 is 15.9 Å². The van der Waals surface area contributed by atoms with Crippen molar-refractivity contribution in [3.8, 4) is 0 Å². The van der Waals surface area contributed by atoms with E-state index in [9.17, 15) is 14.4 Å². The predicted molar refractivity (Wildman–Crippen MR) is 143 cm³/mol. The van der Waals surface area contributed by atoms with Crippen LogP contribution in [0.4, 0.5) is 0 Å². The third kappa shape index (κ3) is 5.77. The van der Waals surface area contributed by atoms with Crippen LogP contribution in [0.3, 0.4) is 0 Å². The Labute approximate surface area is 204 Å². The fourth-order valence-corrected chi connectivity index (χ4v) is 6.01. The topological polar surface area (TPSA) is 51.2 Å². The maximum Gasteiger partial charge on any atom is 0.165 e. The number of Topliss-reactive ketones (excluding diaryl/α,β-unsaturated/α-hetero) is 3. The number of carbonyl (C=O) groups excluding carboxylic acids is 3. The van der Waals surface area contributed by atoms with Crippen molar-refractivity contribution in [3.05, 3.63) is 89.5 Å². The minimum Gasteiger partial charge on any atom is -0.294 e. The smallest absolute Gasteiger partial charge is 0.165 e. The van der Waals surface area contributed by atoms with Crippen LogP contribution in [0.15, 0.2) is 72.8 Å². The molecule has 0 amide bonds. The highest BCUT2D eigenvalue weighted by molar-refractivity contribution is 7.79.